The van der Waals surface area contributed by atoms with E-state index in [-0.39, 0.29) is 17.8 Å². The largest absolute Gasteiger partial charge is 0.481 e. The van der Waals surface area contributed by atoms with E-state index in [0.717, 1.165) is 12.8 Å². The zero-order valence-electron chi connectivity index (χ0n) is 12.2. The molecule has 0 fully saturated rings. The second kappa shape index (κ2) is 5.72. The summed E-state index contributed by atoms with van der Waals surface area (Å²) in [6.45, 7) is 1.84. The highest BCUT2D eigenvalue weighted by Crippen LogP contribution is 2.46. The van der Waals surface area contributed by atoms with Crippen molar-refractivity contribution in [2.45, 2.75) is 31.6 Å². The molecule has 0 radical (unpaired) electrons. The molecule has 0 spiro atoms. The van der Waals surface area contributed by atoms with Gasteiger partial charge in [0.15, 0.2) is 0 Å². The van der Waals surface area contributed by atoms with Gasteiger partial charge < -0.3 is 5.11 Å². The van der Waals surface area contributed by atoms with Gasteiger partial charge in [-0.1, -0.05) is 61.5 Å². The van der Waals surface area contributed by atoms with E-state index < -0.39 is 5.97 Å². The van der Waals surface area contributed by atoms with Crippen molar-refractivity contribution >= 4 is 5.97 Å². The average Bonchev–Trinajstić information content (AvgIpc) is 2.53. The Hall–Kier alpha value is -2.09. The summed E-state index contributed by atoms with van der Waals surface area (Å²) in [6.07, 6.45) is 2.04. The summed E-state index contributed by atoms with van der Waals surface area (Å²) in [6, 6.07) is 18.7. The summed E-state index contributed by atoms with van der Waals surface area (Å²) < 4.78 is 0. The van der Waals surface area contributed by atoms with Crippen molar-refractivity contribution in [3.63, 3.8) is 0 Å². The zero-order chi connectivity index (χ0) is 14.8. The fourth-order valence-electron chi connectivity index (χ4n) is 3.64. The van der Waals surface area contributed by atoms with Gasteiger partial charge in [-0.2, -0.15) is 0 Å². The van der Waals surface area contributed by atoms with Crippen LogP contribution < -0.4 is 0 Å². The molecule has 0 unspecified atom stereocenters. The van der Waals surface area contributed by atoms with Crippen molar-refractivity contribution in [2.75, 3.05) is 0 Å². The second-order valence-corrected chi connectivity index (χ2v) is 5.91. The lowest BCUT2D eigenvalue weighted by Gasteiger charge is -2.36. The molecule has 2 aromatic rings. The number of benzene rings is 2. The molecule has 3 atom stereocenters. The monoisotopic (exact) mass is 280 g/mol. The Bertz CT molecular complexity index is 633. The summed E-state index contributed by atoms with van der Waals surface area (Å²) in [7, 11) is 0. The Morgan fingerprint density at radius 2 is 1.76 bits per heavy atom. The third-order valence-corrected chi connectivity index (χ3v) is 4.73. The van der Waals surface area contributed by atoms with Gasteiger partial charge in [-0.3, -0.25) is 4.79 Å². The molecule has 108 valence electrons. The first-order valence-corrected chi connectivity index (χ1v) is 7.54. The smallest absolute Gasteiger partial charge is 0.306 e. The first kappa shape index (κ1) is 13.9. The van der Waals surface area contributed by atoms with E-state index in [1.807, 2.05) is 37.3 Å². The van der Waals surface area contributed by atoms with E-state index >= 15 is 0 Å². The number of rotatable bonds is 3. The summed E-state index contributed by atoms with van der Waals surface area (Å²) in [5.74, 6) is -0.753. The van der Waals surface area contributed by atoms with Crippen LogP contribution in [0, 0.1) is 5.92 Å². The Kier molecular flexibility index (Phi) is 3.78. The van der Waals surface area contributed by atoms with Crippen LogP contribution in [0.4, 0.5) is 0 Å². The van der Waals surface area contributed by atoms with Crippen LogP contribution in [0.15, 0.2) is 54.6 Å². The molecule has 3 rings (SSSR count). The third kappa shape index (κ3) is 2.58. The van der Waals surface area contributed by atoms with E-state index in [1.54, 1.807) is 0 Å². The SMILES string of the molecule is C[C@H](C(=O)O)[C@H]1c2ccccc2CC[C@@H]1c1ccccc1. The number of hydrogen-bond donors (Lipinski definition) is 1. The van der Waals surface area contributed by atoms with Gasteiger partial charge in [0.05, 0.1) is 5.92 Å². The van der Waals surface area contributed by atoms with Crippen LogP contribution in [0.1, 0.15) is 41.9 Å². The zero-order valence-corrected chi connectivity index (χ0v) is 12.2. The van der Waals surface area contributed by atoms with Crippen LogP contribution in [-0.4, -0.2) is 11.1 Å². The molecule has 2 heteroatoms. The quantitative estimate of drug-likeness (QED) is 0.914. The number of hydrogen-bond acceptors (Lipinski definition) is 1. The molecule has 0 bridgehead atoms. The van der Waals surface area contributed by atoms with E-state index in [1.165, 1.54) is 16.7 Å². The highest BCUT2D eigenvalue weighted by atomic mass is 16.4. The van der Waals surface area contributed by atoms with E-state index in [9.17, 15) is 9.90 Å². The lowest BCUT2D eigenvalue weighted by atomic mass is 9.67. The fraction of sp³-hybridized carbons (Fsp3) is 0.316. The van der Waals surface area contributed by atoms with Gasteiger partial charge in [0.25, 0.3) is 0 Å². The van der Waals surface area contributed by atoms with Gasteiger partial charge >= 0.3 is 5.97 Å². The lowest BCUT2D eigenvalue weighted by molar-refractivity contribution is -0.142. The number of aryl methyl sites for hydroxylation is 1. The summed E-state index contributed by atoms with van der Waals surface area (Å²) in [5, 5.41) is 9.52. The Balaban J connectivity index is 2.07. The van der Waals surface area contributed by atoms with Crippen molar-refractivity contribution < 1.29 is 9.90 Å². The number of carbonyl (C=O) groups is 1. The van der Waals surface area contributed by atoms with Gasteiger partial charge in [-0.05, 0) is 35.4 Å². The van der Waals surface area contributed by atoms with Crippen LogP contribution in [-0.2, 0) is 11.2 Å². The molecule has 0 aromatic heterocycles. The van der Waals surface area contributed by atoms with Gasteiger partial charge in [-0.25, -0.2) is 0 Å². The topological polar surface area (TPSA) is 37.3 Å². The predicted molar refractivity (Wildman–Crippen MR) is 83.5 cm³/mol. The third-order valence-electron chi connectivity index (χ3n) is 4.73. The molecule has 1 aliphatic rings. The number of aliphatic carboxylic acids is 1. The first-order chi connectivity index (χ1) is 10.2. The highest BCUT2D eigenvalue weighted by molar-refractivity contribution is 5.71. The van der Waals surface area contributed by atoms with Crippen molar-refractivity contribution in [1.29, 1.82) is 0 Å². The second-order valence-electron chi connectivity index (χ2n) is 5.91. The predicted octanol–water partition coefficient (Wildman–Crippen LogP) is 4.22. The minimum atomic E-state index is -0.711. The maximum absolute atomic E-state index is 11.6. The molecule has 1 aliphatic carbocycles. The van der Waals surface area contributed by atoms with Crippen molar-refractivity contribution in [3.05, 3.63) is 71.3 Å². The standard InChI is InChI=1S/C19H20O2/c1-13(19(20)21)18-16-10-6-5-9-15(16)11-12-17(18)14-7-3-2-4-8-14/h2-10,13,17-18H,11-12H2,1H3,(H,20,21)/t13-,17+,18-/m0/s1. The minimum Gasteiger partial charge on any atom is -0.481 e. The van der Waals surface area contributed by atoms with E-state index in [2.05, 4.69) is 24.3 Å². The molecule has 21 heavy (non-hydrogen) atoms. The van der Waals surface area contributed by atoms with Gasteiger partial charge in [0, 0.05) is 5.92 Å². The molecule has 0 saturated carbocycles. The van der Waals surface area contributed by atoms with Crippen molar-refractivity contribution in [3.8, 4) is 0 Å². The van der Waals surface area contributed by atoms with Crippen LogP contribution in [0.3, 0.4) is 0 Å². The molecule has 2 aromatic carbocycles. The Morgan fingerprint density at radius 1 is 1.10 bits per heavy atom. The van der Waals surface area contributed by atoms with Crippen LogP contribution in [0.25, 0.3) is 0 Å². The molecule has 1 N–H and O–H groups in total. The highest BCUT2D eigenvalue weighted by Gasteiger charge is 2.36. The van der Waals surface area contributed by atoms with E-state index in [4.69, 9.17) is 0 Å². The van der Waals surface area contributed by atoms with Gasteiger partial charge in [0.2, 0.25) is 0 Å². The van der Waals surface area contributed by atoms with Crippen LogP contribution in [0.2, 0.25) is 0 Å². The van der Waals surface area contributed by atoms with Crippen LogP contribution in [0.5, 0.6) is 0 Å². The van der Waals surface area contributed by atoms with Gasteiger partial charge in [0.1, 0.15) is 0 Å². The fourth-order valence-corrected chi connectivity index (χ4v) is 3.64. The number of fused-ring (bicyclic) bond motifs is 1. The summed E-state index contributed by atoms with van der Waals surface area (Å²) in [4.78, 5) is 11.6. The maximum Gasteiger partial charge on any atom is 0.306 e. The molecule has 0 saturated heterocycles. The molecule has 0 amide bonds. The number of carboxylic acids is 1. The first-order valence-electron chi connectivity index (χ1n) is 7.54. The Labute approximate surface area is 125 Å². The summed E-state index contributed by atoms with van der Waals surface area (Å²) >= 11 is 0. The lowest BCUT2D eigenvalue weighted by Crippen LogP contribution is -2.28. The van der Waals surface area contributed by atoms with Crippen LogP contribution >= 0.6 is 0 Å². The van der Waals surface area contributed by atoms with Crippen molar-refractivity contribution in [1.82, 2.24) is 0 Å². The molecule has 2 nitrogen and oxygen atoms in total. The van der Waals surface area contributed by atoms with Crippen molar-refractivity contribution in [2.24, 2.45) is 5.92 Å². The number of carboxylic acid groups (broad SMARTS) is 1. The molecule has 0 aliphatic heterocycles. The average molecular weight is 280 g/mol. The van der Waals surface area contributed by atoms with E-state index in [0.29, 0.717) is 0 Å². The Morgan fingerprint density at radius 3 is 2.48 bits per heavy atom. The normalized spacial score (nSPS) is 22.3. The molecule has 0 heterocycles. The summed E-state index contributed by atoms with van der Waals surface area (Å²) in [5.41, 5.74) is 3.78. The maximum atomic E-state index is 11.6. The minimum absolute atomic E-state index is 0.0508. The van der Waals surface area contributed by atoms with Gasteiger partial charge in [-0.15, -0.1) is 0 Å². The molecular formula is C19H20O2. The molecular weight excluding hydrogens is 260 g/mol.